The van der Waals surface area contributed by atoms with Crippen molar-refractivity contribution in [2.75, 3.05) is 6.61 Å². The van der Waals surface area contributed by atoms with E-state index < -0.39 is 0 Å². The quantitative estimate of drug-likeness (QED) is 0.812. The van der Waals surface area contributed by atoms with Gasteiger partial charge in [0, 0.05) is 18.1 Å². The SMILES string of the molecule is CCOC(=O)c1c(C)n(C)c2ncc(OC3CCCC3)cc12. The average molecular weight is 302 g/mol. The molecule has 0 radical (unpaired) electrons. The highest BCUT2D eigenvalue weighted by atomic mass is 16.5. The Morgan fingerprint density at radius 3 is 2.82 bits per heavy atom. The van der Waals surface area contributed by atoms with Crippen molar-refractivity contribution in [3.05, 3.63) is 23.5 Å². The van der Waals surface area contributed by atoms with Gasteiger partial charge in [-0.05, 0) is 45.6 Å². The highest BCUT2D eigenvalue weighted by molar-refractivity contribution is 6.05. The Labute approximate surface area is 130 Å². The molecule has 5 nitrogen and oxygen atoms in total. The molecular formula is C17H22N2O3. The predicted octanol–water partition coefficient (Wildman–Crippen LogP) is 3.38. The number of pyridine rings is 1. The number of esters is 1. The third kappa shape index (κ3) is 2.56. The third-order valence-electron chi connectivity index (χ3n) is 4.38. The van der Waals surface area contributed by atoms with Crippen molar-refractivity contribution in [2.24, 2.45) is 7.05 Å². The van der Waals surface area contributed by atoms with Gasteiger partial charge in [-0.3, -0.25) is 0 Å². The molecule has 0 aromatic carbocycles. The normalized spacial score (nSPS) is 15.4. The molecule has 1 fully saturated rings. The summed E-state index contributed by atoms with van der Waals surface area (Å²) in [5, 5.41) is 0.800. The average Bonchev–Trinajstić information content (AvgIpc) is 3.07. The van der Waals surface area contributed by atoms with Crippen molar-refractivity contribution >= 4 is 17.0 Å². The van der Waals surface area contributed by atoms with Gasteiger partial charge in [0.2, 0.25) is 0 Å². The molecular weight excluding hydrogens is 280 g/mol. The summed E-state index contributed by atoms with van der Waals surface area (Å²) in [4.78, 5) is 16.7. The van der Waals surface area contributed by atoms with E-state index in [1.165, 1.54) is 12.8 Å². The first-order valence-electron chi connectivity index (χ1n) is 7.90. The van der Waals surface area contributed by atoms with E-state index in [2.05, 4.69) is 4.98 Å². The molecule has 1 saturated carbocycles. The van der Waals surface area contributed by atoms with E-state index >= 15 is 0 Å². The third-order valence-corrected chi connectivity index (χ3v) is 4.38. The van der Waals surface area contributed by atoms with E-state index in [0.717, 1.165) is 35.3 Å². The fraction of sp³-hybridized carbons (Fsp3) is 0.529. The maximum atomic E-state index is 12.2. The number of carbonyl (C=O) groups excluding carboxylic acids is 1. The number of aromatic nitrogens is 2. The molecule has 1 aliphatic carbocycles. The zero-order chi connectivity index (χ0) is 15.7. The van der Waals surface area contributed by atoms with Gasteiger partial charge < -0.3 is 14.0 Å². The summed E-state index contributed by atoms with van der Waals surface area (Å²) >= 11 is 0. The van der Waals surface area contributed by atoms with Crippen LogP contribution in [0.5, 0.6) is 5.75 Å². The van der Waals surface area contributed by atoms with E-state index in [1.807, 2.05) is 31.5 Å². The minimum atomic E-state index is -0.301. The van der Waals surface area contributed by atoms with Crippen LogP contribution in [0.1, 0.15) is 48.7 Å². The zero-order valence-corrected chi connectivity index (χ0v) is 13.4. The maximum Gasteiger partial charge on any atom is 0.340 e. The number of ether oxygens (including phenoxy) is 2. The van der Waals surface area contributed by atoms with Gasteiger partial charge in [0.05, 0.1) is 24.5 Å². The second kappa shape index (κ2) is 5.99. The van der Waals surface area contributed by atoms with Crippen LogP contribution < -0.4 is 4.74 Å². The van der Waals surface area contributed by atoms with Crippen molar-refractivity contribution in [2.45, 2.75) is 45.6 Å². The van der Waals surface area contributed by atoms with Gasteiger partial charge >= 0.3 is 5.97 Å². The molecule has 0 unspecified atom stereocenters. The molecule has 5 heteroatoms. The van der Waals surface area contributed by atoms with Gasteiger partial charge in [-0.25, -0.2) is 9.78 Å². The summed E-state index contributed by atoms with van der Waals surface area (Å²) in [5.41, 5.74) is 2.22. The second-order valence-electron chi connectivity index (χ2n) is 5.81. The Kier molecular flexibility index (Phi) is 4.05. The first kappa shape index (κ1) is 14.9. The highest BCUT2D eigenvalue weighted by Gasteiger charge is 2.22. The summed E-state index contributed by atoms with van der Waals surface area (Å²) in [6.45, 7) is 4.08. The fourth-order valence-electron chi connectivity index (χ4n) is 3.14. The molecule has 0 N–H and O–H groups in total. The van der Waals surface area contributed by atoms with Crippen LogP contribution in [0.2, 0.25) is 0 Å². The number of hydrogen-bond acceptors (Lipinski definition) is 4. The van der Waals surface area contributed by atoms with Gasteiger partial charge in [-0.2, -0.15) is 0 Å². The van der Waals surface area contributed by atoms with Crippen LogP contribution in [-0.4, -0.2) is 28.2 Å². The molecule has 3 rings (SSSR count). The summed E-state index contributed by atoms with van der Waals surface area (Å²) in [5.74, 6) is 0.431. The number of fused-ring (bicyclic) bond motifs is 1. The summed E-state index contributed by atoms with van der Waals surface area (Å²) in [7, 11) is 1.91. The monoisotopic (exact) mass is 302 g/mol. The minimum Gasteiger partial charge on any atom is -0.489 e. The number of aryl methyl sites for hydroxylation is 1. The van der Waals surface area contributed by atoms with Crippen molar-refractivity contribution in [3.63, 3.8) is 0 Å². The lowest BCUT2D eigenvalue weighted by atomic mass is 10.1. The molecule has 0 bridgehead atoms. The lowest BCUT2D eigenvalue weighted by Crippen LogP contribution is -2.11. The van der Waals surface area contributed by atoms with Gasteiger partial charge in [0.25, 0.3) is 0 Å². The van der Waals surface area contributed by atoms with Gasteiger partial charge in [0.1, 0.15) is 11.4 Å². The van der Waals surface area contributed by atoms with Crippen molar-refractivity contribution in [1.29, 1.82) is 0 Å². The summed E-state index contributed by atoms with van der Waals surface area (Å²) < 4.78 is 13.1. The zero-order valence-electron chi connectivity index (χ0n) is 13.4. The predicted molar refractivity (Wildman–Crippen MR) is 84.3 cm³/mol. The van der Waals surface area contributed by atoms with Crippen molar-refractivity contribution < 1.29 is 14.3 Å². The maximum absolute atomic E-state index is 12.2. The molecule has 0 saturated heterocycles. The molecule has 1 aliphatic rings. The molecule has 2 aromatic rings. The van der Waals surface area contributed by atoms with Crippen LogP contribution in [0.3, 0.4) is 0 Å². The Balaban J connectivity index is 2.01. The van der Waals surface area contributed by atoms with Gasteiger partial charge in [-0.1, -0.05) is 0 Å². The van der Waals surface area contributed by atoms with E-state index in [9.17, 15) is 4.79 Å². The van der Waals surface area contributed by atoms with E-state index in [4.69, 9.17) is 9.47 Å². The molecule has 0 amide bonds. The van der Waals surface area contributed by atoms with E-state index in [-0.39, 0.29) is 12.1 Å². The van der Waals surface area contributed by atoms with Crippen LogP contribution in [-0.2, 0) is 11.8 Å². The molecule has 0 atom stereocenters. The Bertz CT molecular complexity index is 699. The Morgan fingerprint density at radius 2 is 2.14 bits per heavy atom. The van der Waals surface area contributed by atoms with Crippen LogP contribution >= 0.6 is 0 Å². The fourth-order valence-corrected chi connectivity index (χ4v) is 3.14. The number of rotatable bonds is 4. The lowest BCUT2D eigenvalue weighted by Gasteiger charge is -2.12. The largest absolute Gasteiger partial charge is 0.489 e. The van der Waals surface area contributed by atoms with Crippen LogP contribution in [0.4, 0.5) is 0 Å². The Hall–Kier alpha value is -2.04. The standard InChI is InChI=1S/C17H22N2O3/c1-4-21-17(20)15-11(2)19(3)16-14(15)9-13(10-18-16)22-12-7-5-6-8-12/h9-10,12H,4-8H2,1-3H3. The van der Waals surface area contributed by atoms with Crippen LogP contribution in [0.25, 0.3) is 11.0 Å². The molecule has 22 heavy (non-hydrogen) atoms. The second-order valence-corrected chi connectivity index (χ2v) is 5.81. The van der Waals surface area contributed by atoms with Crippen LogP contribution in [0.15, 0.2) is 12.3 Å². The number of carbonyl (C=O) groups is 1. The minimum absolute atomic E-state index is 0.273. The number of nitrogens with zero attached hydrogens (tertiary/aromatic N) is 2. The summed E-state index contributed by atoms with van der Waals surface area (Å²) in [6, 6.07) is 1.92. The Morgan fingerprint density at radius 1 is 1.41 bits per heavy atom. The van der Waals surface area contributed by atoms with Crippen molar-refractivity contribution in [3.8, 4) is 5.75 Å². The molecule has 0 aliphatic heterocycles. The lowest BCUT2D eigenvalue weighted by molar-refractivity contribution is 0.0527. The number of hydrogen-bond donors (Lipinski definition) is 0. The van der Waals surface area contributed by atoms with Gasteiger partial charge in [-0.15, -0.1) is 0 Å². The molecule has 2 aromatic heterocycles. The first-order valence-corrected chi connectivity index (χ1v) is 7.90. The van der Waals surface area contributed by atoms with E-state index in [0.29, 0.717) is 12.2 Å². The topological polar surface area (TPSA) is 53.4 Å². The highest BCUT2D eigenvalue weighted by Crippen LogP contribution is 2.29. The smallest absolute Gasteiger partial charge is 0.340 e. The molecule has 2 heterocycles. The van der Waals surface area contributed by atoms with E-state index in [1.54, 1.807) is 6.20 Å². The van der Waals surface area contributed by atoms with Crippen LogP contribution in [0, 0.1) is 6.92 Å². The van der Waals surface area contributed by atoms with Gasteiger partial charge in [0.15, 0.2) is 0 Å². The summed E-state index contributed by atoms with van der Waals surface area (Å²) in [6.07, 6.45) is 6.65. The molecule has 0 spiro atoms. The molecule has 118 valence electrons. The first-order chi connectivity index (χ1) is 10.6. The van der Waals surface area contributed by atoms with Crippen molar-refractivity contribution in [1.82, 2.24) is 9.55 Å².